The van der Waals surface area contributed by atoms with Crippen molar-refractivity contribution in [2.45, 2.75) is 65.5 Å². The number of ether oxygens (including phenoxy) is 1. The van der Waals surface area contributed by atoms with Crippen molar-refractivity contribution >= 4 is 0 Å². The minimum atomic E-state index is -0.0714. The van der Waals surface area contributed by atoms with Crippen molar-refractivity contribution < 1.29 is 4.74 Å². The van der Waals surface area contributed by atoms with Crippen LogP contribution >= 0.6 is 0 Å². The molecule has 0 aliphatic heterocycles. The van der Waals surface area contributed by atoms with E-state index in [2.05, 4.69) is 39.9 Å². The van der Waals surface area contributed by atoms with Crippen molar-refractivity contribution in [3.63, 3.8) is 0 Å². The van der Waals surface area contributed by atoms with Crippen molar-refractivity contribution in [2.24, 2.45) is 5.92 Å². The lowest BCUT2D eigenvalue weighted by Crippen LogP contribution is -2.48. The highest BCUT2D eigenvalue weighted by atomic mass is 16.5. The molecule has 0 fully saturated rings. The van der Waals surface area contributed by atoms with E-state index in [1.807, 2.05) is 0 Å². The molecule has 0 amide bonds. The number of hydrogen-bond donors (Lipinski definition) is 1. The van der Waals surface area contributed by atoms with E-state index in [1.165, 1.54) is 19.3 Å². The van der Waals surface area contributed by atoms with Crippen molar-refractivity contribution in [1.82, 2.24) is 5.32 Å². The number of nitrogens with one attached hydrogen (secondary N) is 1. The van der Waals surface area contributed by atoms with Gasteiger partial charge in [0.15, 0.2) is 0 Å². The van der Waals surface area contributed by atoms with Crippen molar-refractivity contribution in [3.05, 3.63) is 0 Å². The Kier molecular flexibility index (Phi) is 7.20. The summed E-state index contributed by atoms with van der Waals surface area (Å²) in [6.07, 6.45) is 3.78. The Bertz CT molecular complexity index is 157. The molecule has 0 aromatic heterocycles. The molecule has 2 nitrogen and oxygen atoms in total. The summed E-state index contributed by atoms with van der Waals surface area (Å²) in [4.78, 5) is 0. The molecule has 1 N–H and O–H groups in total. The third-order valence-corrected chi connectivity index (χ3v) is 3.24. The third-order valence-electron chi connectivity index (χ3n) is 3.24. The molecule has 92 valence electrons. The normalized spacial score (nSPS) is 16.4. The molecule has 0 aromatic carbocycles. The van der Waals surface area contributed by atoms with E-state index >= 15 is 0 Å². The van der Waals surface area contributed by atoms with Gasteiger partial charge in [-0.2, -0.15) is 0 Å². The molecular weight excluding hydrogens is 186 g/mol. The summed E-state index contributed by atoms with van der Waals surface area (Å²) in [6, 6.07) is 0.453. The van der Waals surface area contributed by atoms with Crippen LogP contribution in [0.2, 0.25) is 0 Å². The topological polar surface area (TPSA) is 21.3 Å². The molecule has 0 spiro atoms. The van der Waals surface area contributed by atoms with Gasteiger partial charge in [-0.15, -0.1) is 0 Å². The van der Waals surface area contributed by atoms with E-state index in [1.54, 1.807) is 7.11 Å². The van der Waals surface area contributed by atoms with Crippen LogP contribution in [-0.4, -0.2) is 25.3 Å². The van der Waals surface area contributed by atoms with E-state index < -0.39 is 0 Å². The van der Waals surface area contributed by atoms with Crippen LogP contribution in [0.4, 0.5) is 0 Å². The largest absolute Gasteiger partial charge is 0.377 e. The first kappa shape index (κ1) is 14.9. The van der Waals surface area contributed by atoms with Crippen LogP contribution in [-0.2, 0) is 4.74 Å². The zero-order valence-electron chi connectivity index (χ0n) is 11.4. The summed E-state index contributed by atoms with van der Waals surface area (Å²) in [5.74, 6) is 0.772. The van der Waals surface area contributed by atoms with Crippen LogP contribution in [0.3, 0.4) is 0 Å². The average Bonchev–Trinajstić information content (AvgIpc) is 2.17. The summed E-state index contributed by atoms with van der Waals surface area (Å²) in [5, 5.41) is 3.54. The third kappa shape index (κ3) is 5.53. The second-order valence-electron chi connectivity index (χ2n) is 5.05. The summed E-state index contributed by atoms with van der Waals surface area (Å²) in [5.41, 5.74) is -0.0714. The lowest BCUT2D eigenvalue weighted by atomic mass is 9.88. The molecule has 0 aromatic rings. The second kappa shape index (κ2) is 7.24. The van der Waals surface area contributed by atoms with Crippen LogP contribution in [0, 0.1) is 5.92 Å². The molecule has 0 saturated carbocycles. The Labute approximate surface area is 95.8 Å². The van der Waals surface area contributed by atoms with Crippen LogP contribution < -0.4 is 5.32 Å². The molecule has 2 unspecified atom stereocenters. The second-order valence-corrected chi connectivity index (χ2v) is 5.05. The lowest BCUT2D eigenvalue weighted by Gasteiger charge is -2.35. The van der Waals surface area contributed by atoms with E-state index in [4.69, 9.17) is 4.74 Å². The maximum absolute atomic E-state index is 5.57. The van der Waals surface area contributed by atoms with Gasteiger partial charge in [0.1, 0.15) is 0 Å². The fourth-order valence-electron chi connectivity index (χ4n) is 2.01. The highest BCUT2D eigenvalue weighted by Crippen LogP contribution is 2.22. The number of rotatable bonds is 8. The monoisotopic (exact) mass is 215 g/mol. The van der Waals surface area contributed by atoms with Gasteiger partial charge in [-0.25, -0.2) is 0 Å². The first-order valence-electron chi connectivity index (χ1n) is 6.26. The quantitative estimate of drug-likeness (QED) is 0.671. The Morgan fingerprint density at radius 2 is 1.87 bits per heavy atom. The molecule has 0 aliphatic carbocycles. The summed E-state index contributed by atoms with van der Waals surface area (Å²) in [6.45, 7) is 12.1. The van der Waals surface area contributed by atoms with Crippen molar-refractivity contribution in [2.75, 3.05) is 13.7 Å². The molecule has 0 heterocycles. The predicted molar refractivity (Wildman–Crippen MR) is 67.2 cm³/mol. The first-order chi connectivity index (χ1) is 6.97. The average molecular weight is 215 g/mol. The molecule has 0 radical (unpaired) electrons. The fraction of sp³-hybridized carbons (Fsp3) is 1.00. The van der Waals surface area contributed by atoms with Crippen LogP contribution in [0.25, 0.3) is 0 Å². The Hall–Kier alpha value is -0.0800. The van der Waals surface area contributed by atoms with Crippen molar-refractivity contribution in [3.8, 4) is 0 Å². The molecule has 0 rings (SSSR count). The standard InChI is InChI=1S/C13H29NO/c1-7-9-11(3)10-12(14-8-2)13(4,5)15-6/h11-12,14H,7-10H2,1-6H3. The maximum atomic E-state index is 5.57. The fourth-order valence-corrected chi connectivity index (χ4v) is 2.01. The number of hydrogen-bond acceptors (Lipinski definition) is 2. The molecule has 0 aliphatic rings. The van der Waals surface area contributed by atoms with Gasteiger partial charge in [0.2, 0.25) is 0 Å². The van der Waals surface area contributed by atoms with Gasteiger partial charge in [-0.3, -0.25) is 0 Å². The van der Waals surface area contributed by atoms with Crippen molar-refractivity contribution in [1.29, 1.82) is 0 Å². The minimum absolute atomic E-state index is 0.0714. The van der Waals surface area contributed by atoms with Crippen LogP contribution in [0.1, 0.15) is 53.9 Å². The molecule has 0 bridgehead atoms. The maximum Gasteiger partial charge on any atom is 0.0775 e. The van der Waals surface area contributed by atoms with E-state index in [0.29, 0.717) is 6.04 Å². The smallest absolute Gasteiger partial charge is 0.0775 e. The molecule has 0 saturated heterocycles. The Morgan fingerprint density at radius 3 is 2.27 bits per heavy atom. The molecular formula is C13H29NO. The summed E-state index contributed by atoms with van der Waals surface area (Å²) < 4.78 is 5.57. The van der Waals surface area contributed by atoms with Gasteiger partial charge in [0, 0.05) is 13.2 Å². The molecule has 15 heavy (non-hydrogen) atoms. The molecule has 2 heteroatoms. The molecule has 2 atom stereocenters. The van der Waals surface area contributed by atoms with E-state index in [0.717, 1.165) is 12.5 Å². The lowest BCUT2D eigenvalue weighted by molar-refractivity contribution is -0.0161. The van der Waals surface area contributed by atoms with Crippen LogP contribution in [0.5, 0.6) is 0 Å². The van der Waals surface area contributed by atoms with Gasteiger partial charge >= 0.3 is 0 Å². The minimum Gasteiger partial charge on any atom is -0.377 e. The van der Waals surface area contributed by atoms with Gasteiger partial charge < -0.3 is 10.1 Å². The van der Waals surface area contributed by atoms with E-state index in [-0.39, 0.29) is 5.60 Å². The van der Waals surface area contributed by atoms with Gasteiger partial charge in [0.25, 0.3) is 0 Å². The summed E-state index contributed by atoms with van der Waals surface area (Å²) in [7, 11) is 1.80. The SMILES string of the molecule is CCCC(C)CC(NCC)C(C)(C)OC. The highest BCUT2D eigenvalue weighted by molar-refractivity contribution is 4.86. The van der Waals surface area contributed by atoms with Gasteiger partial charge in [0.05, 0.1) is 5.60 Å². The predicted octanol–water partition coefficient (Wildman–Crippen LogP) is 3.22. The summed E-state index contributed by atoms with van der Waals surface area (Å²) >= 11 is 0. The Morgan fingerprint density at radius 1 is 1.27 bits per heavy atom. The number of likely N-dealkylation sites (N-methyl/N-ethyl adjacent to an activating group) is 1. The van der Waals surface area contributed by atoms with Gasteiger partial charge in [-0.1, -0.05) is 33.6 Å². The van der Waals surface area contributed by atoms with Gasteiger partial charge in [-0.05, 0) is 32.7 Å². The van der Waals surface area contributed by atoms with E-state index in [9.17, 15) is 0 Å². The first-order valence-corrected chi connectivity index (χ1v) is 6.26. The number of methoxy groups -OCH3 is 1. The van der Waals surface area contributed by atoms with Crippen LogP contribution in [0.15, 0.2) is 0 Å². The Balaban J connectivity index is 4.26. The highest BCUT2D eigenvalue weighted by Gasteiger charge is 2.29. The zero-order valence-corrected chi connectivity index (χ0v) is 11.4. The zero-order chi connectivity index (χ0) is 11.9.